The lowest BCUT2D eigenvalue weighted by Gasteiger charge is -2.16. The van der Waals surface area contributed by atoms with Crippen LogP contribution in [0.25, 0.3) is 0 Å². The molecule has 0 saturated carbocycles. The third-order valence-electron chi connectivity index (χ3n) is 4.64. The molecule has 1 unspecified atom stereocenters. The van der Waals surface area contributed by atoms with Crippen LogP contribution in [0.1, 0.15) is 49.9 Å². The minimum atomic E-state index is 0.176. The predicted molar refractivity (Wildman–Crippen MR) is 121 cm³/mol. The van der Waals surface area contributed by atoms with Gasteiger partial charge in [-0.1, -0.05) is 45.0 Å². The number of amides is 1. The van der Waals surface area contributed by atoms with E-state index in [1.165, 1.54) is 11.1 Å². The van der Waals surface area contributed by atoms with Crippen molar-refractivity contribution in [3.8, 4) is 6.07 Å². The summed E-state index contributed by atoms with van der Waals surface area (Å²) in [5.74, 6) is 1.40. The molecule has 7 heteroatoms. The van der Waals surface area contributed by atoms with Crippen molar-refractivity contribution >= 4 is 12.2 Å². The van der Waals surface area contributed by atoms with Crippen LogP contribution in [0.4, 0.5) is 5.82 Å². The lowest BCUT2D eigenvalue weighted by Crippen LogP contribution is -2.31. The molecule has 0 aliphatic carbocycles. The Bertz CT molecular complexity index is 768. The number of anilines is 1. The highest BCUT2D eigenvalue weighted by molar-refractivity contribution is 5.48. The molecule has 2 heterocycles. The monoisotopic (exact) mass is 410 g/mol. The van der Waals surface area contributed by atoms with Crippen LogP contribution in [0.5, 0.6) is 0 Å². The Labute approximate surface area is 180 Å². The number of nitrogens with one attached hydrogen (secondary N) is 2. The molecule has 1 atom stereocenters. The first-order valence-corrected chi connectivity index (χ1v) is 10.3. The van der Waals surface area contributed by atoms with Crippen LogP contribution in [0.3, 0.4) is 0 Å². The molecule has 7 nitrogen and oxygen atoms in total. The number of nitriles is 1. The van der Waals surface area contributed by atoms with Crippen LogP contribution in [-0.4, -0.2) is 49.8 Å². The maximum absolute atomic E-state index is 10.3. The number of hydrogen-bond acceptors (Lipinski definition) is 6. The Balaban J connectivity index is 0.000000280. The molecule has 30 heavy (non-hydrogen) atoms. The van der Waals surface area contributed by atoms with E-state index in [0.717, 1.165) is 38.2 Å². The Hall–Kier alpha value is -2.98. The number of nitrogens with zero attached hydrogens (tertiary/aromatic N) is 4. The van der Waals surface area contributed by atoms with Gasteiger partial charge in [0.15, 0.2) is 11.5 Å². The van der Waals surface area contributed by atoms with Crippen LogP contribution in [0.15, 0.2) is 36.4 Å². The van der Waals surface area contributed by atoms with E-state index in [2.05, 4.69) is 65.9 Å². The van der Waals surface area contributed by atoms with Crippen molar-refractivity contribution in [2.24, 2.45) is 0 Å². The quantitative estimate of drug-likeness (QED) is 0.736. The van der Waals surface area contributed by atoms with Gasteiger partial charge in [0.05, 0.1) is 0 Å². The summed E-state index contributed by atoms with van der Waals surface area (Å²) in [6.45, 7) is 8.21. The number of carbonyl (C=O) groups excluding carboxylic acids is 1. The maximum atomic E-state index is 10.3. The van der Waals surface area contributed by atoms with Crippen LogP contribution >= 0.6 is 0 Å². The molecule has 1 amide bonds. The number of aryl methyl sites for hydroxylation is 1. The second kappa shape index (κ2) is 14.1. The van der Waals surface area contributed by atoms with Crippen molar-refractivity contribution in [3.63, 3.8) is 0 Å². The number of rotatable bonds is 5. The molecular formula is C23H34N6O. The van der Waals surface area contributed by atoms with E-state index in [4.69, 9.17) is 5.26 Å². The summed E-state index contributed by atoms with van der Waals surface area (Å²) >= 11 is 0. The van der Waals surface area contributed by atoms with Gasteiger partial charge in [-0.2, -0.15) is 5.26 Å². The first-order chi connectivity index (χ1) is 14.5. The molecule has 2 aromatic rings. The van der Waals surface area contributed by atoms with Gasteiger partial charge in [-0.3, -0.25) is 4.79 Å². The van der Waals surface area contributed by atoms with Crippen LogP contribution in [-0.2, 0) is 11.2 Å². The largest absolute Gasteiger partial charge is 0.354 e. The first kappa shape index (κ1) is 25.1. The summed E-state index contributed by atoms with van der Waals surface area (Å²) in [7, 11) is 3.75. The van der Waals surface area contributed by atoms with Crippen molar-refractivity contribution in [1.82, 2.24) is 20.8 Å². The summed E-state index contributed by atoms with van der Waals surface area (Å²) in [5, 5.41) is 21.8. The van der Waals surface area contributed by atoms with Gasteiger partial charge in [0.2, 0.25) is 6.41 Å². The van der Waals surface area contributed by atoms with Crippen molar-refractivity contribution in [3.05, 3.63) is 53.2 Å². The first-order valence-electron chi connectivity index (χ1n) is 10.3. The zero-order valence-corrected chi connectivity index (χ0v) is 18.7. The summed E-state index contributed by atoms with van der Waals surface area (Å²) < 4.78 is 0. The van der Waals surface area contributed by atoms with E-state index < -0.39 is 0 Å². The molecule has 2 N–H and O–H groups in total. The normalized spacial score (nSPS) is 14.7. The van der Waals surface area contributed by atoms with Crippen molar-refractivity contribution in [1.29, 1.82) is 5.26 Å². The molecule has 3 rings (SSSR count). The molecule has 0 bridgehead atoms. The van der Waals surface area contributed by atoms with Gasteiger partial charge in [-0.05, 0) is 56.1 Å². The van der Waals surface area contributed by atoms with Gasteiger partial charge in [0, 0.05) is 19.1 Å². The smallest absolute Gasteiger partial charge is 0.207 e. The SMILES string of the molecule is CCc1ccc(C(C)C)cc1.CNC.N#Cc1ccc(N2CCC(NC=O)C2)nn1. The summed E-state index contributed by atoms with van der Waals surface area (Å²) in [6.07, 6.45) is 2.76. The molecule has 1 fully saturated rings. The second-order valence-electron chi connectivity index (χ2n) is 7.35. The average Bonchev–Trinajstić information content (AvgIpc) is 3.24. The maximum Gasteiger partial charge on any atom is 0.207 e. The van der Waals surface area contributed by atoms with Gasteiger partial charge in [0.1, 0.15) is 6.07 Å². The van der Waals surface area contributed by atoms with Gasteiger partial charge in [-0.25, -0.2) is 0 Å². The molecule has 0 spiro atoms. The molecular weight excluding hydrogens is 376 g/mol. The molecule has 0 radical (unpaired) electrons. The number of benzene rings is 1. The zero-order chi connectivity index (χ0) is 22.4. The van der Waals surface area contributed by atoms with Crippen LogP contribution < -0.4 is 15.5 Å². The van der Waals surface area contributed by atoms with Gasteiger partial charge in [0.25, 0.3) is 0 Å². The number of carbonyl (C=O) groups is 1. The Morgan fingerprint density at radius 3 is 2.33 bits per heavy atom. The average molecular weight is 411 g/mol. The lowest BCUT2D eigenvalue weighted by molar-refractivity contribution is -0.110. The molecule has 1 aromatic heterocycles. The fourth-order valence-electron chi connectivity index (χ4n) is 2.89. The second-order valence-corrected chi connectivity index (χ2v) is 7.35. The van der Waals surface area contributed by atoms with E-state index in [1.807, 2.05) is 25.1 Å². The minimum Gasteiger partial charge on any atom is -0.354 e. The topological polar surface area (TPSA) is 93.9 Å². The number of hydrogen-bond donors (Lipinski definition) is 2. The van der Waals surface area contributed by atoms with Crippen molar-refractivity contribution in [2.45, 2.75) is 45.6 Å². The van der Waals surface area contributed by atoms with E-state index >= 15 is 0 Å². The van der Waals surface area contributed by atoms with E-state index in [9.17, 15) is 4.79 Å². The third kappa shape index (κ3) is 8.58. The highest BCUT2D eigenvalue weighted by Gasteiger charge is 2.22. The van der Waals surface area contributed by atoms with Crippen LogP contribution in [0, 0.1) is 11.3 Å². The Morgan fingerprint density at radius 1 is 1.20 bits per heavy atom. The van der Waals surface area contributed by atoms with E-state index in [1.54, 1.807) is 12.1 Å². The standard InChI is InChI=1S/C11H16.C10H11N5O.C2H7N/c1-4-10-5-7-11(8-6-10)9(2)3;11-5-8-1-2-10(14-13-8)15-4-3-9(6-15)12-7-16;1-3-2/h5-9H,4H2,1-3H3;1-2,7,9H,3-4,6H2,(H,12,16);3H,1-2H3. The highest BCUT2D eigenvalue weighted by Crippen LogP contribution is 2.17. The molecule has 162 valence electrons. The molecule has 1 aliphatic heterocycles. The Morgan fingerprint density at radius 2 is 1.87 bits per heavy atom. The lowest BCUT2D eigenvalue weighted by atomic mass is 10.0. The summed E-state index contributed by atoms with van der Waals surface area (Å²) in [4.78, 5) is 12.3. The Kier molecular flexibility index (Phi) is 11.8. The molecule has 1 aromatic carbocycles. The highest BCUT2D eigenvalue weighted by atomic mass is 16.1. The molecule has 1 saturated heterocycles. The van der Waals surface area contributed by atoms with Crippen LogP contribution in [0.2, 0.25) is 0 Å². The van der Waals surface area contributed by atoms with Gasteiger partial charge < -0.3 is 15.5 Å². The van der Waals surface area contributed by atoms with E-state index in [-0.39, 0.29) is 6.04 Å². The van der Waals surface area contributed by atoms with Crippen molar-refractivity contribution < 1.29 is 4.79 Å². The van der Waals surface area contributed by atoms with E-state index in [0.29, 0.717) is 11.6 Å². The van der Waals surface area contributed by atoms with Crippen molar-refractivity contribution in [2.75, 3.05) is 32.1 Å². The van der Waals surface area contributed by atoms with Gasteiger partial charge >= 0.3 is 0 Å². The fourth-order valence-corrected chi connectivity index (χ4v) is 2.89. The summed E-state index contributed by atoms with van der Waals surface area (Å²) in [5.41, 5.74) is 3.17. The van der Waals surface area contributed by atoms with Gasteiger partial charge in [-0.15, -0.1) is 10.2 Å². The summed E-state index contributed by atoms with van der Waals surface area (Å²) in [6, 6.07) is 14.4. The fraction of sp³-hybridized carbons (Fsp3) is 0.478. The zero-order valence-electron chi connectivity index (χ0n) is 18.7. The molecule has 1 aliphatic rings. The minimum absolute atomic E-state index is 0.176. The third-order valence-corrected chi connectivity index (χ3v) is 4.64. The number of aromatic nitrogens is 2. The predicted octanol–water partition coefficient (Wildman–Crippen LogP) is 2.88.